The van der Waals surface area contributed by atoms with Crippen LogP contribution in [0.15, 0.2) is 53.6 Å². The maximum absolute atomic E-state index is 13.1. The van der Waals surface area contributed by atoms with Gasteiger partial charge < -0.3 is 4.74 Å². The smallest absolute Gasteiger partial charge is 0.277 e. The summed E-state index contributed by atoms with van der Waals surface area (Å²) in [6.45, 7) is 3.82. The van der Waals surface area contributed by atoms with E-state index in [-0.39, 0.29) is 22.4 Å². The highest BCUT2D eigenvalue weighted by Gasteiger charge is 2.39. The van der Waals surface area contributed by atoms with Gasteiger partial charge in [0, 0.05) is 0 Å². The Bertz CT molecular complexity index is 857. The average Bonchev–Trinajstić information content (AvgIpc) is 2.79. The van der Waals surface area contributed by atoms with E-state index in [0.29, 0.717) is 11.3 Å². The topological polar surface area (TPSA) is 46.6 Å². The molecule has 2 aromatic carbocycles. The number of benzene rings is 2. The van der Waals surface area contributed by atoms with E-state index in [1.807, 2.05) is 13.8 Å². The lowest BCUT2D eigenvalue weighted by Gasteiger charge is -2.15. The second kappa shape index (κ2) is 6.69. The Morgan fingerprint density at radius 1 is 0.960 bits per heavy atom. The van der Waals surface area contributed by atoms with E-state index in [9.17, 15) is 14.0 Å². The van der Waals surface area contributed by atoms with E-state index >= 15 is 0 Å². The number of amides is 2. The molecule has 6 heteroatoms. The number of nitrogens with zero attached hydrogens (tertiary/aromatic N) is 1. The zero-order chi connectivity index (χ0) is 18.1. The number of hydrogen-bond acceptors (Lipinski definition) is 3. The van der Waals surface area contributed by atoms with Gasteiger partial charge in [0.05, 0.1) is 17.4 Å². The van der Waals surface area contributed by atoms with Gasteiger partial charge in [0.1, 0.15) is 16.6 Å². The van der Waals surface area contributed by atoms with Gasteiger partial charge in [0.2, 0.25) is 0 Å². The van der Waals surface area contributed by atoms with Gasteiger partial charge in [-0.1, -0.05) is 23.7 Å². The fourth-order valence-electron chi connectivity index (χ4n) is 2.55. The molecular formula is C19H15ClFNO3. The molecule has 4 nitrogen and oxygen atoms in total. The van der Waals surface area contributed by atoms with Crippen LogP contribution < -0.4 is 9.64 Å². The molecule has 0 aromatic heterocycles. The normalized spacial score (nSPS) is 14.7. The van der Waals surface area contributed by atoms with E-state index in [2.05, 4.69) is 0 Å². The second-order valence-corrected chi connectivity index (χ2v) is 6.18. The summed E-state index contributed by atoms with van der Waals surface area (Å²) in [6, 6.07) is 11.9. The summed E-state index contributed by atoms with van der Waals surface area (Å²) in [4.78, 5) is 26.0. The second-order valence-electron chi connectivity index (χ2n) is 5.80. The lowest BCUT2D eigenvalue weighted by Crippen LogP contribution is -2.31. The minimum absolute atomic E-state index is 0.0253. The maximum atomic E-state index is 13.1. The van der Waals surface area contributed by atoms with E-state index in [1.54, 1.807) is 24.3 Å². The highest BCUT2D eigenvalue weighted by molar-refractivity contribution is 6.60. The number of carbonyl (C=O) groups excluding carboxylic acids is 2. The molecule has 0 N–H and O–H groups in total. The molecular weight excluding hydrogens is 345 g/mol. The first-order valence-electron chi connectivity index (χ1n) is 7.69. The highest BCUT2D eigenvalue weighted by Crippen LogP contribution is 2.35. The van der Waals surface area contributed by atoms with Crippen LogP contribution in [0.3, 0.4) is 0 Å². The Morgan fingerprint density at radius 2 is 1.56 bits per heavy atom. The van der Waals surface area contributed by atoms with Crippen LogP contribution in [0.5, 0.6) is 5.75 Å². The zero-order valence-corrected chi connectivity index (χ0v) is 14.4. The summed E-state index contributed by atoms with van der Waals surface area (Å²) < 4.78 is 18.6. The summed E-state index contributed by atoms with van der Waals surface area (Å²) >= 11 is 6.12. The van der Waals surface area contributed by atoms with Gasteiger partial charge in [-0.15, -0.1) is 0 Å². The van der Waals surface area contributed by atoms with Gasteiger partial charge in [-0.2, -0.15) is 0 Å². The quantitative estimate of drug-likeness (QED) is 0.771. The number of rotatable bonds is 4. The molecule has 2 amide bonds. The molecule has 0 unspecified atom stereocenters. The van der Waals surface area contributed by atoms with Crippen LogP contribution in [-0.2, 0) is 9.59 Å². The van der Waals surface area contributed by atoms with Crippen molar-refractivity contribution in [2.45, 2.75) is 20.0 Å². The van der Waals surface area contributed by atoms with Crippen molar-refractivity contribution in [2.24, 2.45) is 0 Å². The van der Waals surface area contributed by atoms with Crippen LogP contribution in [0.4, 0.5) is 10.1 Å². The Labute approximate surface area is 149 Å². The van der Waals surface area contributed by atoms with Crippen molar-refractivity contribution in [1.29, 1.82) is 0 Å². The molecule has 0 atom stereocenters. The Hall–Kier alpha value is -2.66. The third-order valence-electron chi connectivity index (χ3n) is 3.63. The summed E-state index contributed by atoms with van der Waals surface area (Å²) in [5, 5.41) is -0.160. The number of halogens is 2. The molecule has 0 saturated heterocycles. The van der Waals surface area contributed by atoms with Crippen molar-refractivity contribution in [3.05, 3.63) is 64.9 Å². The fourth-order valence-corrected chi connectivity index (χ4v) is 2.82. The number of anilines is 1. The molecule has 1 aliphatic heterocycles. The van der Waals surface area contributed by atoms with Gasteiger partial charge in [-0.25, -0.2) is 9.29 Å². The van der Waals surface area contributed by atoms with Crippen LogP contribution in [0.1, 0.15) is 19.4 Å². The fraction of sp³-hybridized carbons (Fsp3) is 0.158. The van der Waals surface area contributed by atoms with E-state index in [1.165, 1.54) is 24.3 Å². The Morgan fingerprint density at radius 3 is 2.12 bits per heavy atom. The van der Waals surface area contributed by atoms with Crippen LogP contribution in [-0.4, -0.2) is 17.9 Å². The van der Waals surface area contributed by atoms with E-state index in [4.69, 9.17) is 16.3 Å². The minimum Gasteiger partial charge on any atom is -0.491 e. The van der Waals surface area contributed by atoms with Crippen molar-refractivity contribution < 1.29 is 18.7 Å². The summed E-state index contributed by atoms with van der Waals surface area (Å²) in [6.07, 6.45) is 0.0253. The molecule has 1 heterocycles. The molecule has 25 heavy (non-hydrogen) atoms. The first kappa shape index (κ1) is 17.2. The van der Waals surface area contributed by atoms with Crippen LogP contribution in [0.2, 0.25) is 0 Å². The third-order valence-corrected chi connectivity index (χ3v) is 3.98. The molecule has 1 aliphatic rings. The van der Waals surface area contributed by atoms with E-state index in [0.717, 1.165) is 4.90 Å². The Balaban J connectivity index is 1.93. The minimum atomic E-state index is -0.629. The third kappa shape index (κ3) is 3.28. The standard InChI is InChI=1S/C19H15ClFNO3/c1-11(2)25-15-9-3-12(4-10-15)16-17(20)19(24)22(18(16)23)14-7-5-13(21)6-8-14/h3-11H,1-2H3. The van der Waals surface area contributed by atoms with Crippen molar-refractivity contribution in [1.82, 2.24) is 0 Å². The molecule has 3 rings (SSSR count). The summed E-state index contributed by atoms with van der Waals surface area (Å²) in [5.74, 6) is -0.972. The Kier molecular flexibility index (Phi) is 4.59. The lowest BCUT2D eigenvalue weighted by molar-refractivity contribution is -0.119. The number of hydrogen-bond donors (Lipinski definition) is 0. The van der Waals surface area contributed by atoms with Gasteiger partial charge in [-0.3, -0.25) is 9.59 Å². The number of imide groups is 1. The first-order valence-corrected chi connectivity index (χ1v) is 8.07. The summed E-state index contributed by atoms with van der Waals surface area (Å²) in [5.41, 5.74) is 0.903. The molecule has 0 spiro atoms. The molecule has 0 saturated carbocycles. The predicted molar refractivity (Wildman–Crippen MR) is 93.9 cm³/mol. The van der Waals surface area contributed by atoms with Gasteiger partial charge in [0.25, 0.3) is 11.8 Å². The van der Waals surface area contributed by atoms with Gasteiger partial charge >= 0.3 is 0 Å². The van der Waals surface area contributed by atoms with Crippen molar-refractivity contribution in [3.63, 3.8) is 0 Å². The molecule has 0 bridgehead atoms. The SMILES string of the molecule is CC(C)Oc1ccc(C2=C(Cl)C(=O)N(c3ccc(F)cc3)C2=O)cc1. The largest absolute Gasteiger partial charge is 0.491 e. The average molecular weight is 360 g/mol. The van der Waals surface area contributed by atoms with Crippen LogP contribution in [0, 0.1) is 5.82 Å². The highest BCUT2D eigenvalue weighted by atomic mass is 35.5. The van der Waals surface area contributed by atoms with Crippen molar-refractivity contribution >= 4 is 34.7 Å². The zero-order valence-electron chi connectivity index (χ0n) is 13.6. The maximum Gasteiger partial charge on any atom is 0.277 e. The lowest BCUT2D eigenvalue weighted by atomic mass is 10.1. The molecule has 0 aliphatic carbocycles. The van der Waals surface area contributed by atoms with Crippen molar-refractivity contribution in [3.8, 4) is 5.75 Å². The van der Waals surface area contributed by atoms with Gasteiger partial charge in [-0.05, 0) is 55.8 Å². The van der Waals surface area contributed by atoms with Crippen molar-refractivity contribution in [2.75, 3.05) is 4.90 Å². The molecule has 0 fully saturated rings. The predicted octanol–water partition coefficient (Wildman–Crippen LogP) is 4.14. The summed E-state index contributed by atoms with van der Waals surface area (Å²) in [7, 11) is 0. The number of ether oxygens (including phenoxy) is 1. The number of carbonyl (C=O) groups is 2. The molecule has 2 aromatic rings. The van der Waals surface area contributed by atoms with E-state index < -0.39 is 17.6 Å². The molecule has 128 valence electrons. The molecule has 0 radical (unpaired) electrons. The monoisotopic (exact) mass is 359 g/mol. The first-order chi connectivity index (χ1) is 11.9. The van der Waals surface area contributed by atoms with Gasteiger partial charge in [0.15, 0.2) is 0 Å². The van der Waals surface area contributed by atoms with Crippen LogP contribution in [0.25, 0.3) is 5.57 Å². The van der Waals surface area contributed by atoms with Crippen LogP contribution >= 0.6 is 11.6 Å².